The van der Waals surface area contributed by atoms with E-state index in [4.69, 9.17) is 4.74 Å². The molecule has 0 atom stereocenters. The maximum Gasteiger partial charge on any atom is 0.317 e. The highest BCUT2D eigenvalue weighted by molar-refractivity contribution is 5.92. The second-order valence-corrected chi connectivity index (χ2v) is 9.08. The number of ether oxygens (including phenoxy) is 1. The van der Waals surface area contributed by atoms with E-state index in [1.54, 1.807) is 7.11 Å². The third-order valence-corrected chi connectivity index (χ3v) is 6.59. The molecule has 0 bridgehead atoms. The minimum absolute atomic E-state index is 0.0385. The van der Waals surface area contributed by atoms with Crippen molar-refractivity contribution in [2.45, 2.75) is 52.0 Å². The van der Waals surface area contributed by atoms with Gasteiger partial charge in [0.25, 0.3) is 0 Å². The lowest BCUT2D eigenvalue weighted by atomic mass is 9.88. The number of urea groups is 1. The zero-order valence-corrected chi connectivity index (χ0v) is 19.9. The van der Waals surface area contributed by atoms with Gasteiger partial charge in [-0.1, -0.05) is 13.0 Å². The summed E-state index contributed by atoms with van der Waals surface area (Å²) in [6.07, 6.45) is 3.66. The van der Waals surface area contributed by atoms with Crippen molar-refractivity contribution < 1.29 is 14.3 Å². The van der Waals surface area contributed by atoms with Gasteiger partial charge in [-0.2, -0.15) is 0 Å². The second kappa shape index (κ2) is 9.69. The number of benzene rings is 2. The van der Waals surface area contributed by atoms with Crippen LogP contribution < -0.4 is 10.1 Å². The summed E-state index contributed by atoms with van der Waals surface area (Å²) in [5.74, 6) is 1.03. The average molecular weight is 448 g/mol. The molecule has 4 rings (SSSR count). The third kappa shape index (κ3) is 4.61. The van der Waals surface area contributed by atoms with E-state index >= 15 is 0 Å². The molecule has 6 nitrogen and oxygen atoms in total. The fourth-order valence-corrected chi connectivity index (χ4v) is 4.87. The first-order chi connectivity index (χ1) is 15.9. The van der Waals surface area contributed by atoms with E-state index in [9.17, 15) is 9.59 Å². The number of likely N-dealkylation sites (tertiary alicyclic amines) is 1. The first kappa shape index (κ1) is 22.9. The van der Waals surface area contributed by atoms with Crippen LogP contribution in [0.2, 0.25) is 0 Å². The van der Waals surface area contributed by atoms with Gasteiger partial charge in [-0.15, -0.1) is 0 Å². The first-order valence-corrected chi connectivity index (χ1v) is 11.8. The summed E-state index contributed by atoms with van der Waals surface area (Å²) in [5, 5.41) is 4.22. The highest BCUT2D eigenvalue weighted by Crippen LogP contribution is 2.36. The van der Waals surface area contributed by atoms with Crippen LogP contribution in [0, 0.1) is 0 Å². The largest absolute Gasteiger partial charge is 0.496 e. The molecule has 6 heteroatoms. The topological polar surface area (TPSA) is 74.4 Å². The molecule has 2 amide bonds. The Balaban J connectivity index is 1.60. The van der Waals surface area contributed by atoms with Gasteiger partial charge in [0, 0.05) is 35.7 Å². The average Bonchev–Trinajstić information content (AvgIpc) is 3.21. The van der Waals surface area contributed by atoms with Crippen molar-refractivity contribution in [3.63, 3.8) is 0 Å². The number of carbonyl (C=O) groups is 2. The van der Waals surface area contributed by atoms with Crippen molar-refractivity contribution in [2.24, 2.45) is 0 Å². The smallest absolute Gasteiger partial charge is 0.317 e. The van der Waals surface area contributed by atoms with Crippen molar-refractivity contribution in [1.82, 2.24) is 15.2 Å². The van der Waals surface area contributed by atoms with Crippen LogP contribution >= 0.6 is 0 Å². The maximum atomic E-state index is 12.3. The monoisotopic (exact) mass is 447 g/mol. The van der Waals surface area contributed by atoms with Gasteiger partial charge in [0.2, 0.25) is 0 Å². The van der Waals surface area contributed by atoms with E-state index in [2.05, 4.69) is 35.4 Å². The first-order valence-electron chi connectivity index (χ1n) is 11.8. The van der Waals surface area contributed by atoms with Gasteiger partial charge in [0.15, 0.2) is 6.29 Å². The van der Waals surface area contributed by atoms with Gasteiger partial charge < -0.3 is 19.9 Å². The second-order valence-electron chi connectivity index (χ2n) is 9.08. The molecular weight excluding hydrogens is 414 g/mol. The summed E-state index contributed by atoms with van der Waals surface area (Å²) in [5.41, 5.74) is 6.26. The number of amides is 2. The molecule has 3 aromatic rings. The lowest BCUT2D eigenvalue weighted by Crippen LogP contribution is -2.46. The van der Waals surface area contributed by atoms with Crippen LogP contribution in [-0.4, -0.2) is 48.4 Å². The zero-order chi connectivity index (χ0) is 23.5. The molecule has 1 fully saturated rings. The van der Waals surface area contributed by atoms with E-state index in [0.29, 0.717) is 17.2 Å². The summed E-state index contributed by atoms with van der Waals surface area (Å²) < 4.78 is 5.30. The van der Waals surface area contributed by atoms with Crippen LogP contribution in [0.15, 0.2) is 36.4 Å². The number of carbonyl (C=O) groups excluding carboxylic acids is 2. The van der Waals surface area contributed by atoms with E-state index in [1.165, 1.54) is 16.5 Å². The SMILES string of the molecule is CCc1c(-c2ccc(OC)c(C=O)c2)[nH]c2ccc(C3CCN(C(=O)NC(C)C)CC3)cc12. The van der Waals surface area contributed by atoms with Crippen LogP contribution in [0.1, 0.15) is 61.0 Å². The molecule has 174 valence electrons. The molecular formula is C27H33N3O3. The van der Waals surface area contributed by atoms with Crippen LogP contribution in [0.3, 0.4) is 0 Å². The minimum atomic E-state index is 0.0385. The molecule has 2 heterocycles. The Morgan fingerprint density at radius 3 is 2.61 bits per heavy atom. The molecule has 2 aromatic carbocycles. The number of hydrogen-bond donors (Lipinski definition) is 2. The minimum Gasteiger partial charge on any atom is -0.496 e. The Morgan fingerprint density at radius 2 is 1.97 bits per heavy atom. The Bertz CT molecular complexity index is 1160. The number of rotatable bonds is 6. The molecule has 1 aromatic heterocycles. The molecule has 1 saturated heterocycles. The number of methoxy groups -OCH3 is 1. The molecule has 0 spiro atoms. The molecule has 33 heavy (non-hydrogen) atoms. The Morgan fingerprint density at radius 1 is 1.21 bits per heavy atom. The standard InChI is InChI=1S/C27H33N3O3/c1-5-22-23-15-19(18-10-12-30(13-11-18)27(32)28-17(2)3)6-8-24(23)29-26(22)20-7-9-25(33-4)21(14-20)16-31/h6-9,14-18,29H,5,10-13H2,1-4H3,(H,28,32). The predicted molar refractivity (Wildman–Crippen MR) is 132 cm³/mol. The number of nitrogens with zero attached hydrogens (tertiary/aromatic N) is 1. The molecule has 2 N–H and O–H groups in total. The van der Waals surface area contributed by atoms with Crippen molar-refractivity contribution >= 4 is 23.2 Å². The maximum absolute atomic E-state index is 12.3. The molecule has 1 aliphatic rings. The van der Waals surface area contributed by atoms with Crippen molar-refractivity contribution in [1.29, 1.82) is 0 Å². The summed E-state index contributed by atoms with van der Waals surface area (Å²) in [4.78, 5) is 29.3. The number of aryl methyl sites for hydroxylation is 1. The van der Waals surface area contributed by atoms with Crippen LogP contribution in [-0.2, 0) is 6.42 Å². The van der Waals surface area contributed by atoms with Crippen LogP contribution in [0.5, 0.6) is 5.75 Å². The fraction of sp³-hybridized carbons (Fsp3) is 0.407. The Kier molecular flexibility index (Phi) is 6.72. The van der Waals surface area contributed by atoms with Gasteiger partial charge >= 0.3 is 6.03 Å². The molecule has 0 radical (unpaired) electrons. The summed E-state index contributed by atoms with van der Waals surface area (Å²) >= 11 is 0. The van der Waals surface area contributed by atoms with Crippen LogP contribution in [0.4, 0.5) is 4.79 Å². The Hall–Kier alpha value is -3.28. The predicted octanol–water partition coefficient (Wildman–Crippen LogP) is 5.52. The highest BCUT2D eigenvalue weighted by Gasteiger charge is 2.25. The number of fused-ring (bicyclic) bond motifs is 1. The fourth-order valence-electron chi connectivity index (χ4n) is 4.87. The van der Waals surface area contributed by atoms with Crippen molar-refractivity contribution in [3.05, 3.63) is 53.1 Å². The number of aromatic nitrogens is 1. The number of nitrogens with one attached hydrogen (secondary N) is 2. The van der Waals surface area contributed by atoms with Gasteiger partial charge in [0.05, 0.1) is 12.7 Å². The number of hydrogen-bond acceptors (Lipinski definition) is 3. The van der Waals surface area contributed by atoms with Crippen molar-refractivity contribution in [2.75, 3.05) is 20.2 Å². The van der Waals surface area contributed by atoms with E-state index < -0.39 is 0 Å². The van der Waals surface area contributed by atoms with Crippen molar-refractivity contribution in [3.8, 4) is 17.0 Å². The number of aromatic amines is 1. The normalized spacial score (nSPS) is 14.6. The van der Waals surface area contributed by atoms with Crippen LogP contribution in [0.25, 0.3) is 22.2 Å². The highest BCUT2D eigenvalue weighted by atomic mass is 16.5. The zero-order valence-electron chi connectivity index (χ0n) is 19.9. The number of piperidine rings is 1. The van der Waals surface area contributed by atoms with Gasteiger partial charge in [-0.05, 0) is 86.1 Å². The lowest BCUT2D eigenvalue weighted by molar-refractivity contribution is 0.112. The molecule has 0 aliphatic carbocycles. The summed E-state index contributed by atoms with van der Waals surface area (Å²) in [6, 6.07) is 12.6. The van der Waals surface area contributed by atoms with Gasteiger partial charge in [-0.25, -0.2) is 4.79 Å². The quantitative estimate of drug-likeness (QED) is 0.489. The number of aldehydes is 1. The van der Waals surface area contributed by atoms with E-state index in [0.717, 1.165) is 55.4 Å². The molecule has 0 unspecified atom stereocenters. The number of H-pyrrole nitrogens is 1. The molecule has 1 aliphatic heterocycles. The Labute approximate surface area is 195 Å². The third-order valence-electron chi connectivity index (χ3n) is 6.59. The van der Waals surface area contributed by atoms with E-state index in [1.807, 2.05) is 36.9 Å². The van der Waals surface area contributed by atoms with Gasteiger partial charge in [-0.3, -0.25) is 4.79 Å². The van der Waals surface area contributed by atoms with Gasteiger partial charge in [0.1, 0.15) is 5.75 Å². The van der Waals surface area contributed by atoms with E-state index in [-0.39, 0.29) is 12.1 Å². The lowest BCUT2D eigenvalue weighted by Gasteiger charge is -2.32. The molecule has 0 saturated carbocycles. The summed E-state index contributed by atoms with van der Waals surface area (Å²) in [6.45, 7) is 7.69. The summed E-state index contributed by atoms with van der Waals surface area (Å²) in [7, 11) is 1.57.